The van der Waals surface area contributed by atoms with Crippen LogP contribution in [0, 0.1) is 0 Å². The highest BCUT2D eigenvalue weighted by Crippen LogP contribution is 2.31. The summed E-state index contributed by atoms with van der Waals surface area (Å²) in [7, 11) is 0. The van der Waals surface area contributed by atoms with Gasteiger partial charge >= 0.3 is 0 Å². The number of amides is 1. The third-order valence-electron chi connectivity index (χ3n) is 5.16. The maximum absolute atomic E-state index is 12.5. The zero-order valence-electron chi connectivity index (χ0n) is 18.1. The quantitative estimate of drug-likeness (QED) is 0.221. The Morgan fingerprint density at radius 3 is 2.40 bits per heavy atom. The molecule has 8 heteroatoms. The van der Waals surface area contributed by atoms with E-state index in [4.69, 9.17) is 34.8 Å². The van der Waals surface area contributed by atoms with Crippen molar-refractivity contribution in [3.05, 3.63) is 121 Å². The number of hydrogen-bond donors (Lipinski definition) is 2. The molecule has 0 heterocycles. The standard InChI is InChI=1S/C27H18BrCl3N2O2/c28-23-13-16(11-17-3-1-2-4-24(17)30)12-18(26(23)34)15-32-20-6-8-21(9-7-20)33-27(35)22-10-5-19(29)14-25(22)31/h1-10,12-15,34H,11H2,(H,33,35). The van der Waals surface area contributed by atoms with E-state index in [0.717, 1.165) is 11.1 Å². The van der Waals surface area contributed by atoms with E-state index in [2.05, 4.69) is 26.2 Å². The van der Waals surface area contributed by atoms with E-state index < -0.39 is 0 Å². The van der Waals surface area contributed by atoms with Gasteiger partial charge < -0.3 is 10.4 Å². The van der Waals surface area contributed by atoms with Crippen molar-refractivity contribution in [2.75, 3.05) is 5.32 Å². The fraction of sp³-hybridized carbons (Fsp3) is 0.0370. The second-order valence-electron chi connectivity index (χ2n) is 7.67. The Kier molecular flexibility index (Phi) is 8.14. The number of hydrogen-bond acceptors (Lipinski definition) is 3. The Bertz CT molecular complexity index is 1420. The van der Waals surface area contributed by atoms with Gasteiger partial charge in [-0.15, -0.1) is 0 Å². The first-order valence-electron chi connectivity index (χ1n) is 10.5. The van der Waals surface area contributed by atoms with Crippen LogP contribution in [-0.4, -0.2) is 17.2 Å². The van der Waals surface area contributed by atoms with Gasteiger partial charge in [0, 0.05) is 27.5 Å². The smallest absolute Gasteiger partial charge is 0.257 e. The fourth-order valence-corrected chi connectivity index (χ4v) is 4.61. The molecule has 0 saturated heterocycles. The van der Waals surface area contributed by atoms with Crippen LogP contribution in [-0.2, 0) is 6.42 Å². The molecule has 4 rings (SSSR count). The average Bonchev–Trinajstić information content (AvgIpc) is 2.82. The summed E-state index contributed by atoms with van der Waals surface area (Å²) in [6.45, 7) is 0. The third kappa shape index (κ3) is 6.44. The van der Waals surface area contributed by atoms with Crippen LogP contribution < -0.4 is 5.32 Å². The van der Waals surface area contributed by atoms with Gasteiger partial charge in [0.1, 0.15) is 5.75 Å². The van der Waals surface area contributed by atoms with Crippen LogP contribution >= 0.6 is 50.7 Å². The number of halogens is 4. The molecule has 0 bridgehead atoms. The summed E-state index contributed by atoms with van der Waals surface area (Å²) in [6, 6.07) is 23.1. The first-order chi connectivity index (χ1) is 16.8. The van der Waals surface area contributed by atoms with Gasteiger partial charge in [0.2, 0.25) is 0 Å². The number of carbonyl (C=O) groups is 1. The van der Waals surface area contributed by atoms with Crippen molar-refractivity contribution in [2.45, 2.75) is 6.42 Å². The van der Waals surface area contributed by atoms with Crippen molar-refractivity contribution in [3.8, 4) is 5.75 Å². The van der Waals surface area contributed by atoms with E-state index in [-0.39, 0.29) is 16.7 Å². The van der Waals surface area contributed by atoms with Crippen LogP contribution in [0.4, 0.5) is 11.4 Å². The highest BCUT2D eigenvalue weighted by molar-refractivity contribution is 9.10. The van der Waals surface area contributed by atoms with Crippen molar-refractivity contribution < 1.29 is 9.90 Å². The van der Waals surface area contributed by atoms with Gasteiger partial charge in [-0.1, -0.05) is 53.0 Å². The van der Waals surface area contributed by atoms with Crippen LogP contribution in [0.1, 0.15) is 27.0 Å². The summed E-state index contributed by atoms with van der Waals surface area (Å²) in [5, 5.41) is 14.7. The Labute approximate surface area is 226 Å². The minimum Gasteiger partial charge on any atom is -0.506 e. The fourth-order valence-electron chi connectivity index (χ4n) is 3.39. The molecule has 0 aliphatic carbocycles. The van der Waals surface area contributed by atoms with Gasteiger partial charge in [-0.05, 0) is 94.1 Å². The van der Waals surface area contributed by atoms with Gasteiger partial charge in [-0.3, -0.25) is 9.79 Å². The molecule has 0 aliphatic heterocycles. The molecule has 0 aliphatic rings. The molecule has 0 radical (unpaired) electrons. The largest absolute Gasteiger partial charge is 0.506 e. The molecule has 35 heavy (non-hydrogen) atoms. The van der Waals surface area contributed by atoms with E-state index in [0.29, 0.717) is 43.4 Å². The van der Waals surface area contributed by atoms with E-state index in [1.165, 1.54) is 6.07 Å². The molecular weight excluding hydrogens is 571 g/mol. The minimum atomic E-state index is -0.340. The number of rotatable bonds is 6. The molecule has 0 aromatic heterocycles. The molecule has 4 nitrogen and oxygen atoms in total. The molecule has 0 atom stereocenters. The molecule has 0 saturated carbocycles. The van der Waals surface area contributed by atoms with Crippen LogP contribution in [0.25, 0.3) is 0 Å². The van der Waals surface area contributed by atoms with Crippen molar-refractivity contribution in [1.29, 1.82) is 0 Å². The van der Waals surface area contributed by atoms with Crippen molar-refractivity contribution in [3.63, 3.8) is 0 Å². The zero-order valence-corrected chi connectivity index (χ0v) is 22.0. The van der Waals surface area contributed by atoms with Gasteiger partial charge in [-0.2, -0.15) is 0 Å². The zero-order chi connectivity index (χ0) is 24.9. The monoisotopic (exact) mass is 586 g/mol. The number of anilines is 1. The summed E-state index contributed by atoms with van der Waals surface area (Å²) in [6.07, 6.45) is 2.21. The van der Waals surface area contributed by atoms with Crippen LogP contribution in [0.2, 0.25) is 15.1 Å². The Morgan fingerprint density at radius 1 is 0.943 bits per heavy atom. The molecule has 4 aromatic carbocycles. The van der Waals surface area contributed by atoms with Crippen molar-refractivity contribution in [1.82, 2.24) is 0 Å². The van der Waals surface area contributed by atoms with Gasteiger partial charge in [0.05, 0.1) is 20.7 Å². The highest BCUT2D eigenvalue weighted by atomic mass is 79.9. The SMILES string of the molecule is O=C(Nc1ccc(N=Cc2cc(Cc3ccccc3Cl)cc(Br)c2O)cc1)c1ccc(Cl)cc1Cl. The molecule has 2 N–H and O–H groups in total. The Balaban J connectivity index is 1.48. The second-order valence-corrected chi connectivity index (χ2v) is 9.77. The molecule has 0 unspecified atom stereocenters. The number of phenols is 1. The van der Waals surface area contributed by atoms with Crippen LogP contribution in [0.3, 0.4) is 0 Å². The highest BCUT2D eigenvalue weighted by Gasteiger charge is 2.11. The number of aliphatic imine (C=N–C) groups is 1. The van der Waals surface area contributed by atoms with E-state index >= 15 is 0 Å². The van der Waals surface area contributed by atoms with E-state index in [1.807, 2.05) is 36.4 Å². The lowest BCUT2D eigenvalue weighted by Gasteiger charge is -2.09. The van der Waals surface area contributed by atoms with E-state index in [9.17, 15) is 9.90 Å². The summed E-state index contributed by atoms with van der Waals surface area (Å²) < 4.78 is 0.572. The topological polar surface area (TPSA) is 61.7 Å². The van der Waals surface area contributed by atoms with Crippen molar-refractivity contribution in [2.24, 2.45) is 4.99 Å². The lowest BCUT2D eigenvalue weighted by Crippen LogP contribution is -2.12. The molecule has 0 spiro atoms. The van der Waals surface area contributed by atoms with Crippen molar-refractivity contribution >= 4 is 74.2 Å². The maximum Gasteiger partial charge on any atom is 0.257 e. The predicted octanol–water partition coefficient (Wildman–Crippen LogP) is 8.71. The average molecular weight is 589 g/mol. The lowest BCUT2D eigenvalue weighted by molar-refractivity contribution is 0.102. The van der Waals surface area contributed by atoms with Crippen LogP contribution in [0.5, 0.6) is 5.75 Å². The van der Waals surface area contributed by atoms with E-state index in [1.54, 1.807) is 42.6 Å². The first kappa shape index (κ1) is 25.3. The summed E-state index contributed by atoms with van der Waals surface area (Å²) >= 11 is 21.7. The maximum atomic E-state index is 12.5. The molecule has 176 valence electrons. The number of carbonyl (C=O) groups excluding carboxylic acids is 1. The van der Waals surface area contributed by atoms with Gasteiger partial charge in [-0.25, -0.2) is 0 Å². The summed E-state index contributed by atoms with van der Waals surface area (Å²) in [5.74, 6) is -0.242. The normalized spacial score (nSPS) is 11.1. The van der Waals surface area contributed by atoms with Crippen LogP contribution in [0.15, 0.2) is 88.3 Å². The number of nitrogens with zero attached hydrogens (tertiary/aromatic N) is 1. The predicted molar refractivity (Wildman–Crippen MR) is 148 cm³/mol. The molecule has 1 amide bonds. The number of phenolic OH excluding ortho intramolecular Hbond substituents is 1. The van der Waals surface area contributed by atoms with Gasteiger partial charge in [0.25, 0.3) is 5.91 Å². The lowest BCUT2D eigenvalue weighted by atomic mass is 10.0. The first-order valence-corrected chi connectivity index (χ1v) is 12.4. The number of nitrogens with one attached hydrogen (secondary N) is 1. The Morgan fingerprint density at radius 2 is 1.69 bits per heavy atom. The van der Waals surface area contributed by atoms with Gasteiger partial charge in [0.15, 0.2) is 0 Å². The molecular formula is C27H18BrCl3N2O2. The number of benzene rings is 4. The summed E-state index contributed by atoms with van der Waals surface area (Å²) in [5.41, 5.74) is 4.11. The molecule has 4 aromatic rings. The minimum absolute atomic E-state index is 0.0976. The number of aromatic hydroxyl groups is 1. The molecule has 0 fully saturated rings. The summed E-state index contributed by atoms with van der Waals surface area (Å²) in [4.78, 5) is 17.0. The second kappa shape index (κ2) is 11.3. The third-order valence-corrected chi connectivity index (χ3v) is 6.68. The Hall–Kier alpha value is -2.83.